The summed E-state index contributed by atoms with van der Waals surface area (Å²) >= 11 is 0. The summed E-state index contributed by atoms with van der Waals surface area (Å²) in [5.41, 5.74) is 1.18. The van der Waals surface area contributed by atoms with Crippen LogP contribution in [0, 0.1) is 5.92 Å². The van der Waals surface area contributed by atoms with Gasteiger partial charge in [0.05, 0.1) is 12.2 Å². The summed E-state index contributed by atoms with van der Waals surface area (Å²) in [6.45, 7) is 8.21. The average molecular weight is 182 g/mol. The molecule has 1 aliphatic rings. The highest BCUT2D eigenvalue weighted by molar-refractivity contribution is 5.49. The third kappa shape index (κ3) is 2.66. The van der Waals surface area contributed by atoms with Crippen molar-refractivity contribution in [1.29, 1.82) is 0 Å². The lowest BCUT2D eigenvalue weighted by Gasteiger charge is -2.34. The van der Waals surface area contributed by atoms with E-state index in [2.05, 4.69) is 13.5 Å². The Hall–Kier alpha value is -0.630. The number of hydrogen-bond acceptors (Lipinski definition) is 2. The standard InChI is InChI=1S/C11H18O2/c1-8-7-11(5-4-6-12)13-10(3)9(8)2/h6,8,10-11H,2,4-5,7H2,1,3H3/t8-,10-,11?/m1/s1. The third-order valence-corrected chi connectivity index (χ3v) is 2.77. The van der Waals surface area contributed by atoms with Gasteiger partial charge in [0.2, 0.25) is 0 Å². The summed E-state index contributed by atoms with van der Waals surface area (Å²) in [5.74, 6) is 0.528. The molecule has 0 spiro atoms. The Morgan fingerprint density at radius 3 is 2.85 bits per heavy atom. The zero-order chi connectivity index (χ0) is 9.84. The summed E-state index contributed by atoms with van der Waals surface area (Å²) in [6, 6.07) is 0. The molecule has 1 heterocycles. The normalized spacial score (nSPS) is 34.6. The minimum absolute atomic E-state index is 0.153. The van der Waals surface area contributed by atoms with Crippen molar-refractivity contribution in [2.75, 3.05) is 0 Å². The second kappa shape index (κ2) is 4.56. The smallest absolute Gasteiger partial charge is 0.120 e. The molecule has 3 atom stereocenters. The molecule has 2 nitrogen and oxygen atoms in total. The highest BCUT2D eigenvalue weighted by Crippen LogP contribution is 2.30. The van der Waals surface area contributed by atoms with Crippen LogP contribution in [0.1, 0.15) is 33.1 Å². The second-order valence-electron chi connectivity index (χ2n) is 3.86. The van der Waals surface area contributed by atoms with Gasteiger partial charge in [0.1, 0.15) is 6.29 Å². The van der Waals surface area contributed by atoms with E-state index in [4.69, 9.17) is 4.74 Å². The molecular weight excluding hydrogens is 164 g/mol. The molecule has 0 amide bonds. The quantitative estimate of drug-likeness (QED) is 0.494. The Morgan fingerprint density at radius 1 is 1.62 bits per heavy atom. The number of ether oxygens (including phenoxy) is 1. The van der Waals surface area contributed by atoms with Crippen LogP contribution < -0.4 is 0 Å². The molecule has 1 rings (SSSR count). The largest absolute Gasteiger partial charge is 0.371 e. The molecule has 0 aromatic rings. The molecule has 0 N–H and O–H groups in total. The van der Waals surface area contributed by atoms with Crippen LogP contribution in [0.5, 0.6) is 0 Å². The first-order chi connectivity index (χ1) is 6.15. The molecule has 1 saturated heterocycles. The first-order valence-electron chi connectivity index (χ1n) is 4.93. The fraction of sp³-hybridized carbons (Fsp3) is 0.727. The Bertz CT molecular complexity index is 184. The second-order valence-corrected chi connectivity index (χ2v) is 3.86. The summed E-state index contributed by atoms with van der Waals surface area (Å²) < 4.78 is 5.71. The summed E-state index contributed by atoms with van der Waals surface area (Å²) in [4.78, 5) is 10.2. The first-order valence-corrected chi connectivity index (χ1v) is 4.93. The van der Waals surface area contributed by atoms with Gasteiger partial charge in [0, 0.05) is 6.42 Å². The van der Waals surface area contributed by atoms with E-state index in [1.165, 1.54) is 5.57 Å². The van der Waals surface area contributed by atoms with Crippen LogP contribution >= 0.6 is 0 Å². The number of carbonyl (C=O) groups excluding carboxylic acids is 1. The van der Waals surface area contributed by atoms with E-state index in [9.17, 15) is 4.79 Å². The van der Waals surface area contributed by atoms with Crippen molar-refractivity contribution < 1.29 is 9.53 Å². The highest BCUT2D eigenvalue weighted by atomic mass is 16.5. The molecule has 2 heteroatoms. The van der Waals surface area contributed by atoms with Crippen molar-refractivity contribution in [2.24, 2.45) is 5.92 Å². The molecule has 0 saturated carbocycles. The van der Waals surface area contributed by atoms with Gasteiger partial charge < -0.3 is 9.53 Å². The lowest BCUT2D eigenvalue weighted by Crippen LogP contribution is -2.32. The Balaban J connectivity index is 2.43. The van der Waals surface area contributed by atoms with Crippen molar-refractivity contribution in [3.05, 3.63) is 12.2 Å². The minimum Gasteiger partial charge on any atom is -0.371 e. The zero-order valence-corrected chi connectivity index (χ0v) is 8.45. The van der Waals surface area contributed by atoms with Crippen molar-refractivity contribution >= 4 is 6.29 Å². The molecular formula is C11H18O2. The van der Waals surface area contributed by atoms with Gasteiger partial charge in [-0.3, -0.25) is 0 Å². The van der Waals surface area contributed by atoms with Crippen LogP contribution in [0.15, 0.2) is 12.2 Å². The zero-order valence-electron chi connectivity index (χ0n) is 8.45. The summed E-state index contributed by atoms with van der Waals surface area (Å²) in [6.07, 6.45) is 3.84. The van der Waals surface area contributed by atoms with E-state index in [0.717, 1.165) is 19.1 Å². The fourth-order valence-electron chi connectivity index (χ4n) is 1.82. The van der Waals surface area contributed by atoms with Gasteiger partial charge in [-0.1, -0.05) is 13.5 Å². The van der Waals surface area contributed by atoms with Crippen LogP contribution in [-0.4, -0.2) is 18.5 Å². The van der Waals surface area contributed by atoms with E-state index in [1.807, 2.05) is 6.92 Å². The fourth-order valence-corrected chi connectivity index (χ4v) is 1.82. The monoisotopic (exact) mass is 182 g/mol. The number of aldehydes is 1. The maximum Gasteiger partial charge on any atom is 0.120 e. The summed E-state index contributed by atoms with van der Waals surface area (Å²) in [5, 5.41) is 0. The van der Waals surface area contributed by atoms with Crippen molar-refractivity contribution in [3.63, 3.8) is 0 Å². The van der Waals surface area contributed by atoms with Crippen molar-refractivity contribution in [1.82, 2.24) is 0 Å². The SMILES string of the molecule is C=C1[C@H](C)CC(CCC=O)O[C@@H]1C. The maximum absolute atomic E-state index is 10.2. The number of rotatable bonds is 3. The predicted octanol–water partition coefficient (Wildman–Crippen LogP) is 2.34. The first kappa shape index (κ1) is 10.5. The van der Waals surface area contributed by atoms with E-state index in [1.54, 1.807) is 0 Å². The Labute approximate surface area is 80.0 Å². The molecule has 13 heavy (non-hydrogen) atoms. The molecule has 1 aliphatic heterocycles. The van der Waals surface area contributed by atoms with Gasteiger partial charge in [0.15, 0.2) is 0 Å². The van der Waals surface area contributed by atoms with Crippen molar-refractivity contribution in [2.45, 2.75) is 45.3 Å². The molecule has 1 fully saturated rings. The predicted molar refractivity (Wildman–Crippen MR) is 52.6 cm³/mol. The van der Waals surface area contributed by atoms with Gasteiger partial charge in [-0.05, 0) is 31.3 Å². The molecule has 1 unspecified atom stereocenters. The molecule has 0 aromatic heterocycles. The number of carbonyl (C=O) groups is 1. The van der Waals surface area contributed by atoms with Crippen LogP contribution in [0.3, 0.4) is 0 Å². The van der Waals surface area contributed by atoms with E-state index in [0.29, 0.717) is 12.3 Å². The summed E-state index contributed by atoms with van der Waals surface area (Å²) in [7, 11) is 0. The van der Waals surface area contributed by atoms with E-state index in [-0.39, 0.29) is 12.2 Å². The van der Waals surface area contributed by atoms with E-state index >= 15 is 0 Å². The van der Waals surface area contributed by atoms with Crippen molar-refractivity contribution in [3.8, 4) is 0 Å². The molecule has 0 aliphatic carbocycles. The van der Waals surface area contributed by atoms with Gasteiger partial charge in [-0.15, -0.1) is 0 Å². The van der Waals surface area contributed by atoms with Gasteiger partial charge >= 0.3 is 0 Å². The lowest BCUT2D eigenvalue weighted by atomic mass is 9.88. The van der Waals surface area contributed by atoms with Gasteiger partial charge in [0.25, 0.3) is 0 Å². The molecule has 0 bridgehead atoms. The van der Waals surface area contributed by atoms with Crippen LogP contribution in [0.25, 0.3) is 0 Å². The lowest BCUT2D eigenvalue weighted by molar-refractivity contribution is -0.109. The maximum atomic E-state index is 10.2. The topological polar surface area (TPSA) is 26.3 Å². The Kier molecular flexibility index (Phi) is 3.67. The minimum atomic E-state index is 0.153. The Morgan fingerprint density at radius 2 is 2.31 bits per heavy atom. The van der Waals surface area contributed by atoms with E-state index < -0.39 is 0 Å². The number of hydrogen-bond donors (Lipinski definition) is 0. The third-order valence-electron chi connectivity index (χ3n) is 2.77. The molecule has 0 aromatic carbocycles. The molecule has 0 radical (unpaired) electrons. The average Bonchev–Trinajstić information content (AvgIpc) is 2.10. The highest BCUT2D eigenvalue weighted by Gasteiger charge is 2.26. The van der Waals surface area contributed by atoms with Crippen LogP contribution in [0.2, 0.25) is 0 Å². The van der Waals surface area contributed by atoms with Gasteiger partial charge in [-0.25, -0.2) is 0 Å². The van der Waals surface area contributed by atoms with Crippen LogP contribution in [-0.2, 0) is 9.53 Å². The van der Waals surface area contributed by atoms with Gasteiger partial charge in [-0.2, -0.15) is 0 Å². The molecule has 74 valence electrons. The van der Waals surface area contributed by atoms with Crippen LogP contribution in [0.4, 0.5) is 0 Å².